The molecule has 3 nitrogen and oxygen atoms in total. The Balaban J connectivity index is 0.981. The Morgan fingerprint density at radius 2 is 0.743 bits per heavy atom. The highest BCUT2D eigenvalue weighted by molar-refractivity contribution is 6.12. The van der Waals surface area contributed by atoms with Crippen molar-refractivity contribution in [1.82, 2.24) is 0 Å². The SMILES string of the molecule is c1ccc(-c2ccccc2N(c2ccc(-c3cccc4c3oc3ccccc34)cc2)c2ccc3c(c2)C2(c4ccccc4-c4ccccc42)c2c-3cccc2-c2cccc3c2oc2ccccc23)cc1. The molecular formula is C67H41NO2. The molecule has 1 spiro atoms. The molecule has 2 aromatic heterocycles. The third-order valence-corrected chi connectivity index (χ3v) is 15.1. The zero-order valence-corrected chi connectivity index (χ0v) is 37.9. The first-order valence-electron chi connectivity index (χ1n) is 24.1. The Kier molecular flexibility index (Phi) is 8.28. The van der Waals surface area contributed by atoms with Crippen LogP contribution in [-0.4, -0.2) is 0 Å². The van der Waals surface area contributed by atoms with Crippen molar-refractivity contribution < 1.29 is 8.83 Å². The summed E-state index contributed by atoms with van der Waals surface area (Å²) in [7, 11) is 0. The summed E-state index contributed by atoms with van der Waals surface area (Å²) in [5, 5.41) is 4.50. The van der Waals surface area contributed by atoms with Crippen LogP contribution in [0.2, 0.25) is 0 Å². The number of furan rings is 2. The van der Waals surface area contributed by atoms with Gasteiger partial charge in [0.1, 0.15) is 22.3 Å². The van der Waals surface area contributed by atoms with Gasteiger partial charge in [-0.05, 0) is 104 Å². The first-order valence-corrected chi connectivity index (χ1v) is 24.1. The number of anilines is 3. The molecule has 2 aliphatic carbocycles. The molecule has 3 heteroatoms. The Hall–Kier alpha value is -9.18. The van der Waals surface area contributed by atoms with Gasteiger partial charge in [-0.2, -0.15) is 0 Å². The van der Waals surface area contributed by atoms with Crippen molar-refractivity contribution in [3.8, 4) is 55.6 Å². The second-order valence-corrected chi connectivity index (χ2v) is 18.6. The van der Waals surface area contributed by atoms with Gasteiger partial charge in [-0.3, -0.25) is 0 Å². The lowest BCUT2D eigenvalue weighted by Crippen LogP contribution is -2.27. The van der Waals surface area contributed by atoms with Crippen molar-refractivity contribution in [2.45, 2.75) is 5.41 Å². The fraction of sp³-hybridized carbons (Fsp3) is 0.0149. The standard InChI is InChI=1S/C67H41NO2/c1-2-17-42(18-3-1)46-19-6-11-32-61(46)68(44-37-35-43(36-38-44)47-24-14-27-55-51-22-7-12-33-62(51)69-65(47)55)45-39-40-50-53-25-15-26-54(57-29-16-28-56-52-23-8-13-34-63(52)70-66(56)57)64(53)67(60(50)41-45)58-30-9-4-20-48(58)49-21-5-10-31-59(49)67/h1-41H. The van der Waals surface area contributed by atoms with Crippen LogP contribution in [0.3, 0.4) is 0 Å². The highest BCUT2D eigenvalue weighted by Gasteiger charge is 2.53. The summed E-state index contributed by atoms with van der Waals surface area (Å²) in [6.45, 7) is 0. The first kappa shape index (κ1) is 38.9. The van der Waals surface area contributed by atoms with Crippen LogP contribution in [0.5, 0.6) is 0 Å². The summed E-state index contributed by atoms with van der Waals surface area (Å²) in [5.41, 5.74) is 23.0. The van der Waals surface area contributed by atoms with E-state index in [9.17, 15) is 0 Å². The largest absolute Gasteiger partial charge is 0.455 e. The third kappa shape index (κ3) is 5.40. The molecule has 11 aromatic carbocycles. The van der Waals surface area contributed by atoms with E-state index in [4.69, 9.17) is 8.83 Å². The topological polar surface area (TPSA) is 29.5 Å². The van der Waals surface area contributed by atoms with Crippen molar-refractivity contribution in [3.05, 3.63) is 271 Å². The maximum absolute atomic E-state index is 6.82. The lowest BCUT2D eigenvalue weighted by atomic mass is 9.68. The molecular weight excluding hydrogens is 851 g/mol. The average Bonchev–Trinajstić information content (AvgIpc) is 4.17. The Morgan fingerprint density at radius 1 is 0.286 bits per heavy atom. The summed E-state index contributed by atoms with van der Waals surface area (Å²) in [5.74, 6) is 0. The minimum Gasteiger partial charge on any atom is -0.455 e. The number of benzene rings is 11. The molecule has 70 heavy (non-hydrogen) atoms. The van der Waals surface area contributed by atoms with Crippen LogP contribution < -0.4 is 4.90 Å². The zero-order chi connectivity index (χ0) is 45.9. The molecule has 0 saturated carbocycles. The van der Waals surface area contributed by atoms with E-state index in [0.29, 0.717) is 0 Å². The Labute approximate surface area is 404 Å². The molecule has 0 atom stereocenters. The van der Waals surface area contributed by atoms with Crippen molar-refractivity contribution >= 4 is 60.9 Å². The molecule has 0 unspecified atom stereocenters. The van der Waals surface area contributed by atoms with Crippen LogP contribution in [0.15, 0.2) is 258 Å². The average molecular weight is 892 g/mol. The number of fused-ring (bicyclic) bond motifs is 16. The molecule has 0 N–H and O–H groups in total. The lowest BCUT2D eigenvalue weighted by Gasteiger charge is -2.34. The number of nitrogens with zero attached hydrogens (tertiary/aromatic N) is 1. The van der Waals surface area contributed by atoms with Gasteiger partial charge in [-0.25, -0.2) is 0 Å². The van der Waals surface area contributed by atoms with Crippen molar-refractivity contribution in [1.29, 1.82) is 0 Å². The summed E-state index contributed by atoms with van der Waals surface area (Å²) >= 11 is 0. The summed E-state index contributed by atoms with van der Waals surface area (Å²) in [6.07, 6.45) is 0. The van der Waals surface area contributed by atoms with Crippen LogP contribution in [0, 0.1) is 0 Å². The van der Waals surface area contributed by atoms with E-state index in [2.05, 4.69) is 241 Å². The van der Waals surface area contributed by atoms with Gasteiger partial charge in [-0.15, -0.1) is 0 Å². The quantitative estimate of drug-likeness (QED) is 0.167. The van der Waals surface area contributed by atoms with Gasteiger partial charge in [0, 0.05) is 49.6 Å². The second kappa shape index (κ2) is 14.9. The normalized spacial score (nSPS) is 13.0. The highest BCUT2D eigenvalue weighted by atomic mass is 16.3. The zero-order valence-electron chi connectivity index (χ0n) is 37.9. The van der Waals surface area contributed by atoms with Crippen LogP contribution in [0.25, 0.3) is 99.5 Å². The van der Waals surface area contributed by atoms with Crippen LogP contribution >= 0.6 is 0 Å². The summed E-state index contributed by atoms with van der Waals surface area (Å²) in [4.78, 5) is 2.45. The number of para-hydroxylation sites is 5. The molecule has 13 aromatic rings. The van der Waals surface area contributed by atoms with Crippen molar-refractivity contribution in [3.63, 3.8) is 0 Å². The van der Waals surface area contributed by atoms with Crippen LogP contribution in [0.1, 0.15) is 22.3 Å². The molecule has 326 valence electrons. The van der Waals surface area contributed by atoms with E-state index in [0.717, 1.165) is 88.8 Å². The summed E-state index contributed by atoms with van der Waals surface area (Å²) in [6, 6.07) is 90.6. The van der Waals surface area contributed by atoms with Gasteiger partial charge in [0.2, 0.25) is 0 Å². The maximum Gasteiger partial charge on any atom is 0.143 e. The van der Waals surface area contributed by atoms with Gasteiger partial charge in [0.25, 0.3) is 0 Å². The maximum atomic E-state index is 6.82. The van der Waals surface area contributed by atoms with Gasteiger partial charge < -0.3 is 13.7 Å². The number of hydrogen-bond acceptors (Lipinski definition) is 3. The van der Waals surface area contributed by atoms with E-state index in [1.165, 1.54) is 50.1 Å². The molecule has 2 heterocycles. The fourth-order valence-corrected chi connectivity index (χ4v) is 12.2. The van der Waals surface area contributed by atoms with Gasteiger partial charge in [-0.1, -0.05) is 206 Å². The number of hydrogen-bond donors (Lipinski definition) is 0. The molecule has 2 aliphatic rings. The molecule has 0 saturated heterocycles. The lowest BCUT2D eigenvalue weighted by molar-refractivity contribution is 0.669. The monoisotopic (exact) mass is 891 g/mol. The minimum absolute atomic E-state index is 0.640. The molecule has 0 radical (unpaired) electrons. The Bertz CT molecular complexity index is 4200. The van der Waals surface area contributed by atoms with E-state index >= 15 is 0 Å². The van der Waals surface area contributed by atoms with Gasteiger partial charge >= 0.3 is 0 Å². The van der Waals surface area contributed by atoms with Crippen molar-refractivity contribution in [2.24, 2.45) is 0 Å². The first-order chi connectivity index (χ1) is 34.7. The van der Waals surface area contributed by atoms with E-state index < -0.39 is 5.41 Å². The Morgan fingerprint density at radius 3 is 1.43 bits per heavy atom. The smallest absolute Gasteiger partial charge is 0.143 e. The highest BCUT2D eigenvalue weighted by Crippen LogP contribution is 2.65. The predicted molar refractivity (Wildman–Crippen MR) is 288 cm³/mol. The molecule has 15 rings (SSSR count). The van der Waals surface area contributed by atoms with Gasteiger partial charge in [0.05, 0.1) is 11.1 Å². The van der Waals surface area contributed by atoms with Gasteiger partial charge in [0.15, 0.2) is 0 Å². The predicted octanol–water partition coefficient (Wildman–Crippen LogP) is 18.3. The molecule has 0 fully saturated rings. The molecule has 0 amide bonds. The molecule has 0 bridgehead atoms. The summed E-state index contributed by atoms with van der Waals surface area (Å²) < 4.78 is 13.4. The van der Waals surface area contributed by atoms with E-state index in [1.807, 2.05) is 12.1 Å². The van der Waals surface area contributed by atoms with Crippen LogP contribution in [-0.2, 0) is 5.41 Å². The van der Waals surface area contributed by atoms with Crippen molar-refractivity contribution in [2.75, 3.05) is 4.90 Å². The third-order valence-electron chi connectivity index (χ3n) is 15.1. The van der Waals surface area contributed by atoms with Crippen LogP contribution in [0.4, 0.5) is 17.1 Å². The second-order valence-electron chi connectivity index (χ2n) is 18.6. The molecule has 0 aliphatic heterocycles. The number of rotatable bonds is 6. The fourth-order valence-electron chi connectivity index (χ4n) is 12.2. The minimum atomic E-state index is -0.640. The van der Waals surface area contributed by atoms with E-state index in [-0.39, 0.29) is 0 Å². The van der Waals surface area contributed by atoms with E-state index in [1.54, 1.807) is 0 Å².